The number of thiocarbonyl (C=S) groups is 1. The third-order valence-corrected chi connectivity index (χ3v) is 3.91. The van der Waals surface area contributed by atoms with Crippen LogP contribution >= 0.6 is 12.2 Å². The lowest BCUT2D eigenvalue weighted by molar-refractivity contribution is -0.137. The summed E-state index contributed by atoms with van der Waals surface area (Å²) in [5.74, 6) is -0.432. The lowest BCUT2D eigenvalue weighted by atomic mass is 10.1. The van der Waals surface area contributed by atoms with Crippen LogP contribution in [0.5, 0.6) is 0 Å². The highest BCUT2D eigenvalue weighted by molar-refractivity contribution is 7.80. The molecule has 1 aliphatic rings. The van der Waals surface area contributed by atoms with Gasteiger partial charge >= 0.3 is 6.18 Å². The quantitative estimate of drug-likeness (QED) is 0.841. The summed E-state index contributed by atoms with van der Waals surface area (Å²) in [4.78, 5) is 11.6. The first kappa shape index (κ1) is 15.8. The molecule has 0 saturated heterocycles. The molecule has 3 nitrogen and oxygen atoms in total. The van der Waals surface area contributed by atoms with Crippen molar-refractivity contribution >= 4 is 28.8 Å². The highest BCUT2D eigenvalue weighted by Crippen LogP contribution is 2.52. The van der Waals surface area contributed by atoms with Crippen molar-refractivity contribution in [2.24, 2.45) is 17.1 Å². The van der Waals surface area contributed by atoms with E-state index in [1.54, 1.807) is 0 Å². The molecule has 1 atom stereocenters. The van der Waals surface area contributed by atoms with E-state index in [9.17, 15) is 18.0 Å². The second-order valence-corrected chi connectivity index (χ2v) is 6.30. The third kappa shape index (κ3) is 3.34. The number of halogens is 3. The number of nitrogens with two attached hydrogens (primary N) is 1. The highest BCUT2D eigenvalue weighted by atomic mass is 32.1. The van der Waals surface area contributed by atoms with Crippen LogP contribution in [0.25, 0.3) is 0 Å². The van der Waals surface area contributed by atoms with Gasteiger partial charge in [-0.2, -0.15) is 13.2 Å². The molecule has 1 aromatic rings. The third-order valence-electron chi connectivity index (χ3n) is 3.69. The zero-order valence-corrected chi connectivity index (χ0v) is 12.4. The van der Waals surface area contributed by atoms with Crippen LogP contribution in [0, 0.1) is 11.3 Å². The van der Waals surface area contributed by atoms with Crippen molar-refractivity contribution in [2.75, 3.05) is 5.32 Å². The SMILES string of the molecule is CC1(C)CC1C(=O)Nc1ccc(C(N)=S)c(C(F)(F)F)c1. The number of amides is 1. The molecule has 1 fully saturated rings. The number of nitrogens with one attached hydrogen (secondary N) is 1. The largest absolute Gasteiger partial charge is 0.417 e. The molecule has 1 unspecified atom stereocenters. The van der Waals surface area contributed by atoms with Crippen LogP contribution in [-0.2, 0) is 11.0 Å². The van der Waals surface area contributed by atoms with Crippen LogP contribution < -0.4 is 11.1 Å². The van der Waals surface area contributed by atoms with Crippen LogP contribution in [0.4, 0.5) is 18.9 Å². The Morgan fingerprint density at radius 2 is 2.00 bits per heavy atom. The van der Waals surface area contributed by atoms with Gasteiger partial charge in [0.15, 0.2) is 0 Å². The second kappa shape index (κ2) is 4.98. The smallest absolute Gasteiger partial charge is 0.389 e. The first-order valence-electron chi connectivity index (χ1n) is 6.34. The minimum Gasteiger partial charge on any atom is -0.389 e. The number of rotatable bonds is 3. The van der Waals surface area contributed by atoms with Gasteiger partial charge in [-0.05, 0) is 30.0 Å². The number of alkyl halides is 3. The van der Waals surface area contributed by atoms with E-state index in [-0.39, 0.29) is 33.5 Å². The number of benzene rings is 1. The van der Waals surface area contributed by atoms with Gasteiger partial charge in [0, 0.05) is 17.2 Å². The molecule has 0 aromatic heterocycles. The minimum atomic E-state index is -4.58. The van der Waals surface area contributed by atoms with Gasteiger partial charge in [-0.3, -0.25) is 4.79 Å². The molecule has 1 aliphatic carbocycles. The van der Waals surface area contributed by atoms with Crippen molar-refractivity contribution in [1.29, 1.82) is 0 Å². The van der Waals surface area contributed by atoms with Gasteiger partial charge in [-0.1, -0.05) is 26.1 Å². The van der Waals surface area contributed by atoms with Gasteiger partial charge in [0.05, 0.1) is 5.56 Å². The maximum absolute atomic E-state index is 13.0. The molecular weight excluding hydrogens is 301 g/mol. The Kier molecular flexibility index (Phi) is 3.73. The maximum Gasteiger partial charge on any atom is 0.417 e. The fourth-order valence-corrected chi connectivity index (χ4v) is 2.39. The van der Waals surface area contributed by atoms with Crippen molar-refractivity contribution in [3.8, 4) is 0 Å². The molecular formula is C14H15F3N2OS. The van der Waals surface area contributed by atoms with Crippen LogP contribution in [-0.4, -0.2) is 10.9 Å². The molecule has 1 aromatic carbocycles. The van der Waals surface area contributed by atoms with Crippen LogP contribution in [0.15, 0.2) is 18.2 Å². The van der Waals surface area contributed by atoms with E-state index in [0.29, 0.717) is 0 Å². The average Bonchev–Trinajstić information content (AvgIpc) is 2.97. The summed E-state index contributed by atoms with van der Waals surface area (Å²) in [6, 6.07) is 3.41. The standard InChI is InChI=1S/C14H15F3N2OS/c1-13(2)6-10(13)12(20)19-7-3-4-8(11(18)21)9(5-7)14(15,16)17/h3-5,10H,6H2,1-2H3,(H2,18,21)(H,19,20). The van der Waals surface area contributed by atoms with E-state index in [1.807, 2.05) is 13.8 Å². The molecule has 0 bridgehead atoms. The van der Waals surface area contributed by atoms with Crippen LogP contribution in [0.2, 0.25) is 0 Å². The predicted molar refractivity (Wildman–Crippen MR) is 77.8 cm³/mol. The predicted octanol–water partition coefficient (Wildman–Crippen LogP) is 3.32. The van der Waals surface area contributed by atoms with Crippen molar-refractivity contribution < 1.29 is 18.0 Å². The molecule has 1 saturated carbocycles. The van der Waals surface area contributed by atoms with Gasteiger partial charge in [-0.25, -0.2) is 0 Å². The van der Waals surface area contributed by atoms with E-state index in [1.165, 1.54) is 12.1 Å². The van der Waals surface area contributed by atoms with Crippen molar-refractivity contribution in [3.05, 3.63) is 29.3 Å². The van der Waals surface area contributed by atoms with Gasteiger partial charge < -0.3 is 11.1 Å². The molecule has 114 valence electrons. The summed E-state index contributed by atoms with van der Waals surface area (Å²) < 4.78 is 39.0. The van der Waals surface area contributed by atoms with Gasteiger partial charge in [0.1, 0.15) is 4.99 Å². The monoisotopic (exact) mass is 316 g/mol. The fourth-order valence-electron chi connectivity index (χ4n) is 2.22. The zero-order chi connectivity index (χ0) is 16.0. The normalized spacial score (nSPS) is 20.0. The van der Waals surface area contributed by atoms with Gasteiger partial charge in [-0.15, -0.1) is 0 Å². The Hall–Kier alpha value is -1.63. The fraction of sp³-hybridized carbons (Fsp3) is 0.429. The van der Waals surface area contributed by atoms with E-state index >= 15 is 0 Å². The Morgan fingerprint density at radius 1 is 1.43 bits per heavy atom. The van der Waals surface area contributed by atoms with Crippen LogP contribution in [0.1, 0.15) is 31.4 Å². The molecule has 21 heavy (non-hydrogen) atoms. The van der Waals surface area contributed by atoms with Crippen molar-refractivity contribution in [3.63, 3.8) is 0 Å². The number of carbonyl (C=O) groups is 1. The molecule has 7 heteroatoms. The summed E-state index contributed by atoms with van der Waals surface area (Å²) in [5, 5.41) is 2.52. The highest BCUT2D eigenvalue weighted by Gasteiger charge is 2.50. The molecule has 0 radical (unpaired) electrons. The van der Waals surface area contributed by atoms with Gasteiger partial charge in [0.25, 0.3) is 0 Å². The first-order valence-corrected chi connectivity index (χ1v) is 6.75. The topological polar surface area (TPSA) is 55.1 Å². The van der Waals surface area contributed by atoms with E-state index < -0.39 is 11.7 Å². The summed E-state index contributed by atoms with van der Waals surface area (Å²) in [5.41, 5.74) is 4.12. The summed E-state index contributed by atoms with van der Waals surface area (Å²) in [6.45, 7) is 3.88. The van der Waals surface area contributed by atoms with Crippen LogP contribution in [0.3, 0.4) is 0 Å². The average molecular weight is 316 g/mol. The molecule has 3 N–H and O–H groups in total. The molecule has 0 spiro atoms. The van der Waals surface area contributed by atoms with E-state index in [0.717, 1.165) is 12.5 Å². The second-order valence-electron chi connectivity index (χ2n) is 5.86. The first-order chi connectivity index (χ1) is 9.52. The molecule has 2 rings (SSSR count). The van der Waals surface area contributed by atoms with Gasteiger partial charge in [0.2, 0.25) is 5.91 Å². The minimum absolute atomic E-state index is 0.0876. The molecule has 0 aliphatic heterocycles. The zero-order valence-electron chi connectivity index (χ0n) is 11.5. The number of hydrogen-bond acceptors (Lipinski definition) is 2. The van der Waals surface area contributed by atoms with E-state index in [2.05, 4.69) is 17.5 Å². The van der Waals surface area contributed by atoms with Crippen molar-refractivity contribution in [2.45, 2.75) is 26.4 Å². The van der Waals surface area contributed by atoms with E-state index in [4.69, 9.17) is 5.73 Å². The Balaban J connectivity index is 2.26. The Bertz CT molecular complexity index is 611. The lowest BCUT2D eigenvalue weighted by Crippen LogP contribution is -2.20. The Labute approximate surface area is 125 Å². The summed E-state index contributed by atoms with van der Waals surface area (Å²) >= 11 is 4.62. The summed E-state index contributed by atoms with van der Waals surface area (Å²) in [6.07, 6.45) is -3.85. The number of hydrogen-bond donors (Lipinski definition) is 2. The summed E-state index contributed by atoms with van der Waals surface area (Å²) in [7, 11) is 0. The molecule has 0 heterocycles. The maximum atomic E-state index is 13.0. The Morgan fingerprint density at radius 3 is 2.43 bits per heavy atom. The number of carbonyl (C=O) groups excluding carboxylic acids is 1. The number of anilines is 1. The lowest BCUT2D eigenvalue weighted by Gasteiger charge is -2.14. The van der Waals surface area contributed by atoms with Crippen molar-refractivity contribution in [1.82, 2.24) is 0 Å². The molecule has 1 amide bonds.